The van der Waals surface area contributed by atoms with Gasteiger partial charge < -0.3 is 10.6 Å². The Morgan fingerprint density at radius 3 is 2.59 bits per heavy atom. The van der Waals surface area contributed by atoms with Crippen molar-refractivity contribution < 1.29 is 9.18 Å². The van der Waals surface area contributed by atoms with Crippen LogP contribution in [0.4, 0.5) is 21.6 Å². The van der Waals surface area contributed by atoms with Crippen LogP contribution in [0.2, 0.25) is 0 Å². The average Bonchev–Trinajstić information content (AvgIpc) is 3.28. The number of carbonyl (C=O) groups excluding carboxylic acids is 1. The lowest BCUT2D eigenvalue weighted by Crippen LogP contribution is -2.15. The van der Waals surface area contributed by atoms with Crippen molar-refractivity contribution in [1.29, 1.82) is 0 Å². The molecule has 0 spiro atoms. The third-order valence-electron chi connectivity index (χ3n) is 5.27. The van der Waals surface area contributed by atoms with Gasteiger partial charge in [0.1, 0.15) is 11.6 Å². The molecule has 0 aliphatic rings. The van der Waals surface area contributed by atoms with Crippen molar-refractivity contribution in [3.05, 3.63) is 95.5 Å². The number of halogens is 1. The van der Waals surface area contributed by atoms with E-state index in [9.17, 15) is 9.18 Å². The molecule has 2 heterocycles. The van der Waals surface area contributed by atoms with E-state index in [-0.39, 0.29) is 11.6 Å². The molecular weight excluding hydrogens is 431 g/mol. The molecule has 3 N–H and O–H groups in total. The van der Waals surface area contributed by atoms with E-state index in [1.165, 1.54) is 24.0 Å². The minimum absolute atomic E-state index is 0.0694. The number of hydrogen-bond acceptors (Lipinski definition) is 5. The summed E-state index contributed by atoms with van der Waals surface area (Å²) in [5.74, 6) is 0.352. The number of para-hydroxylation sites is 1. The van der Waals surface area contributed by atoms with E-state index in [0.717, 1.165) is 17.8 Å². The molecule has 0 aliphatic heterocycles. The molecule has 0 saturated carbocycles. The Balaban J connectivity index is 1.40. The average molecular weight is 459 g/mol. The summed E-state index contributed by atoms with van der Waals surface area (Å²) >= 11 is 0. The number of aromatic amines is 1. The number of rotatable bonds is 9. The van der Waals surface area contributed by atoms with Crippen LogP contribution in [0.25, 0.3) is 0 Å². The number of nitrogens with zero attached hydrogens (tertiary/aromatic N) is 3. The molecule has 34 heavy (non-hydrogen) atoms. The van der Waals surface area contributed by atoms with E-state index in [2.05, 4.69) is 50.7 Å². The van der Waals surface area contributed by atoms with Crippen molar-refractivity contribution in [1.82, 2.24) is 20.2 Å². The van der Waals surface area contributed by atoms with Gasteiger partial charge in [-0.1, -0.05) is 32.0 Å². The van der Waals surface area contributed by atoms with E-state index < -0.39 is 5.91 Å². The Labute approximate surface area is 197 Å². The molecule has 0 bridgehead atoms. The zero-order valence-corrected chi connectivity index (χ0v) is 19.2. The van der Waals surface area contributed by atoms with Crippen molar-refractivity contribution in [3.8, 4) is 0 Å². The van der Waals surface area contributed by atoms with Gasteiger partial charge >= 0.3 is 0 Å². The normalized spacial score (nSPS) is 10.9. The minimum atomic E-state index is -0.432. The molecule has 4 aromatic rings. The molecular formula is C26H27FN6O. The van der Waals surface area contributed by atoms with Crippen LogP contribution in [-0.4, -0.2) is 26.1 Å². The van der Waals surface area contributed by atoms with Crippen LogP contribution < -0.4 is 10.6 Å². The monoisotopic (exact) mass is 458 g/mol. The highest BCUT2D eigenvalue weighted by Crippen LogP contribution is 2.25. The first-order valence-corrected chi connectivity index (χ1v) is 11.2. The van der Waals surface area contributed by atoms with Crippen LogP contribution >= 0.6 is 0 Å². The van der Waals surface area contributed by atoms with E-state index in [1.807, 2.05) is 24.3 Å². The first-order valence-electron chi connectivity index (χ1n) is 11.2. The summed E-state index contributed by atoms with van der Waals surface area (Å²) in [5.41, 5.74) is 4.41. The Morgan fingerprint density at radius 1 is 1.00 bits per heavy atom. The number of anilines is 3. The summed E-state index contributed by atoms with van der Waals surface area (Å²) in [5, 5.41) is 13.1. The summed E-state index contributed by atoms with van der Waals surface area (Å²) in [7, 11) is 0. The molecule has 0 unspecified atom stereocenters. The molecule has 174 valence electrons. The molecule has 8 heteroatoms. The number of nitrogens with one attached hydrogen (secondary N) is 3. The quantitative estimate of drug-likeness (QED) is 0.316. The van der Waals surface area contributed by atoms with E-state index >= 15 is 0 Å². The maximum absolute atomic E-state index is 14.5. The molecule has 0 radical (unpaired) electrons. The van der Waals surface area contributed by atoms with Crippen LogP contribution in [-0.2, 0) is 19.3 Å². The van der Waals surface area contributed by atoms with Crippen molar-refractivity contribution in [2.45, 2.75) is 33.1 Å². The van der Waals surface area contributed by atoms with Gasteiger partial charge in [-0.25, -0.2) is 14.4 Å². The first kappa shape index (κ1) is 23.1. The highest BCUT2D eigenvalue weighted by molar-refractivity contribution is 6.00. The van der Waals surface area contributed by atoms with Gasteiger partial charge in [0.25, 0.3) is 5.91 Å². The molecule has 7 nitrogen and oxygen atoms in total. The second kappa shape index (κ2) is 10.7. The minimum Gasteiger partial charge on any atom is -0.355 e. The van der Waals surface area contributed by atoms with Crippen LogP contribution in [0.3, 0.4) is 0 Å². The van der Waals surface area contributed by atoms with Crippen molar-refractivity contribution in [2.24, 2.45) is 5.92 Å². The maximum Gasteiger partial charge on any atom is 0.294 e. The maximum atomic E-state index is 14.5. The smallest absolute Gasteiger partial charge is 0.294 e. The van der Waals surface area contributed by atoms with Gasteiger partial charge in [0.2, 0.25) is 5.82 Å². The van der Waals surface area contributed by atoms with Gasteiger partial charge in [-0.05, 0) is 66.6 Å². The third-order valence-corrected chi connectivity index (χ3v) is 5.27. The molecule has 1 amide bonds. The highest BCUT2D eigenvalue weighted by atomic mass is 19.1. The molecule has 0 saturated heterocycles. The van der Waals surface area contributed by atoms with Crippen LogP contribution in [0.1, 0.15) is 41.3 Å². The lowest BCUT2D eigenvalue weighted by atomic mass is 10.0. The Kier molecular flexibility index (Phi) is 7.27. The highest BCUT2D eigenvalue weighted by Gasteiger charge is 2.12. The summed E-state index contributed by atoms with van der Waals surface area (Å²) in [6.45, 7) is 4.38. The van der Waals surface area contributed by atoms with Gasteiger partial charge in [0.05, 0.1) is 5.69 Å². The topological polar surface area (TPSA) is 95.6 Å². The number of carbonyl (C=O) groups is 1. The molecule has 2 aromatic carbocycles. The fourth-order valence-electron chi connectivity index (χ4n) is 3.67. The molecule has 0 fully saturated rings. The van der Waals surface area contributed by atoms with Crippen molar-refractivity contribution >= 4 is 23.1 Å². The SMILES string of the molecule is CC(C)Cc1ccccc1Nc1ccc(F)c(CCc2cc(NC(=O)c3ncccn3)[nH]n2)c1. The van der Waals surface area contributed by atoms with Crippen LogP contribution in [0, 0.1) is 11.7 Å². The summed E-state index contributed by atoms with van der Waals surface area (Å²) in [6.07, 6.45) is 4.95. The summed E-state index contributed by atoms with van der Waals surface area (Å²) < 4.78 is 14.5. The molecule has 4 rings (SSSR count). The Bertz CT molecular complexity index is 1260. The fourth-order valence-corrected chi connectivity index (χ4v) is 3.67. The van der Waals surface area contributed by atoms with Gasteiger partial charge in [-0.2, -0.15) is 5.10 Å². The van der Waals surface area contributed by atoms with Gasteiger partial charge in [0.15, 0.2) is 0 Å². The van der Waals surface area contributed by atoms with E-state index in [1.54, 1.807) is 18.2 Å². The lowest BCUT2D eigenvalue weighted by molar-refractivity contribution is 0.101. The summed E-state index contributed by atoms with van der Waals surface area (Å²) in [4.78, 5) is 20.0. The Hall–Kier alpha value is -4.07. The van der Waals surface area contributed by atoms with Crippen LogP contribution in [0.5, 0.6) is 0 Å². The number of aryl methyl sites for hydroxylation is 2. The predicted octanol–water partition coefficient (Wildman–Crippen LogP) is 5.32. The number of aromatic nitrogens is 4. The van der Waals surface area contributed by atoms with E-state index in [4.69, 9.17) is 0 Å². The van der Waals surface area contributed by atoms with Gasteiger partial charge in [-0.3, -0.25) is 9.89 Å². The Morgan fingerprint density at radius 2 is 1.79 bits per heavy atom. The molecule has 0 atom stereocenters. The zero-order chi connectivity index (χ0) is 23.9. The first-order chi connectivity index (χ1) is 16.5. The zero-order valence-electron chi connectivity index (χ0n) is 19.2. The lowest BCUT2D eigenvalue weighted by Gasteiger charge is -2.14. The predicted molar refractivity (Wildman–Crippen MR) is 131 cm³/mol. The van der Waals surface area contributed by atoms with Crippen molar-refractivity contribution in [3.63, 3.8) is 0 Å². The second-order valence-electron chi connectivity index (χ2n) is 8.49. The number of amides is 1. The third kappa shape index (κ3) is 6.04. The largest absolute Gasteiger partial charge is 0.355 e. The molecule has 2 aromatic heterocycles. The fraction of sp³-hybridized carbons (Fsp3) is 0.231. The van der Waals surface area contributed by atoms with E-state index in [0.29, 0.717) is 35.8 Å². The van der Waals surface area contributed by atoms with Crippen LogP contribution in [0.15, 0.2) is 67.0 Å². The molecule has 0 aliphatic carbocycles. The number of benzene rings is 2. The van der Waals surface area contributed by atoms with Gasteiger partial charge in [0, 0.05) is 29.8 Å². The standard InChI is InChI=1S/C26H27FN6O/c1-17(2)14-19-6-3-4-7-23(19)30-20-10-11-22(27)18(15-20)8-9-21-16-24(33-32-21)31-26(34)25-28-12-5-13-29-25/h3-7,10-13,15-17,30H,8-9,14H2,1-2H3,(H2,31,32,33,34). The van der Waals surface area contributed by atoms with Gasteiger partial charge in [-0.15, -0.1) is 0 Å². The summed E-state index contributed by atoms with van der Waals surface area (Å²) in [6, 6.07) is 16.6. The van der Waals surface area contributed by atoms with Crippen molar-refractivity contribution in [2.75, 3.05) is 10.6 Å². The number of hydrogen-bond donors (Lipinski definition) is 3. The number of H-pyrrole nitrogens is 1. The second-order valence-corrected chi connectivity index (χ2v) is 8.49.